The summed E-state index contributed by atoms with van der Waals surface area (Å²) in [6.45, 7) is 8.91. The van der Waals surface area contributed by atoms with E-state index in [2.05, 4.69) is 25.5 Å². The molecule has 1 N–H and O–H groups in total. The standard InChI is InChI=1S/C24H29NO3S/c1-5-16-6-10-19(11-7-16)29(26,27)25-18-9-13-23-21(15-18)20-14-17(24(2,3)4)8-12-22(20)28-23/h6-7,9-11,13,15,17,25H,5,8,12,14H2,1-4H3/t17-/m1/s1. The number of aryl methyl sites for hydroxylation is 2. The number of furan rings is 1. The van der Waals surface area contributed by atoms with E-state index in [1.165, 1.54) is 5.56 Å². The lowest BCUT2D eigenvalue weighted by Gasteiger charge is -2.33. The molecular formula is C24H29NO3S. The zero-order valence-corrected chi connectivity index (χ0v) is 18.4. The second kappa shape index (κ2) is 7.21. The molecule has 1 aromatic heterocycles. The molecule has 0 saturated carbocycles. The van der Waals surface area contributed by atoms with Crippen molar-refractivity contribution in [3.63, 3.8) is 0 Å². The van der Waals surface area contributed by atoms with Crippen LogP contribution in [0.2, 0.25) is 0 Å². The average Bonchev–Trinajstić information content (AvgIpc) is 3.04. The molecule has 0 spiro atoms. The molecule has 1 aliphatic rings. The Morgan fingerprint density at radius 1 is 1.10 bits per heavy atom. The quantitative estimate of drug-likeness (QED) is 0.577. The lowest BCUT2D eigenvalue weighted by Crippen LogP contribution is -2.26. The fourth-order valence-electron chi connectivity index (χ4n) is 4.20. The van der Waals surface area contributed by atoms with Crippen molar-refractivity contribution in [3.05, 3.63) is 59.4 Å². The molecule has 0 saturated heterocycles. The van der Waals surface area contributed by atoms with Crippen molar-refractivity contribution in [2.75, 3.05) is 4.72 Å². The number of sulfonamides is 1. The Balaban J connectivity index is 1.65. The first kappa shape index (κ1) is 20.0. The van der Waals surface area contributed by atoms with Gasteiger partial charge in [0, 0.05) is 23.1 Å². The van der Waals surface area contributed by atoms with Crippen LogP contribution in [0.4, 0.5) is 5.69 Å². The van der Waals surface area contributed by atoms with Gasteiger partial charge in [0.15, 0.2) is 0 Å². The average molecular weight is 412 g/mol. The van der Waals surface area contributed by atoms with E-state index in [-0.39, 0.29) is 10.3 Å². The van der Waals surface area contributed by atoms with Gasteiger partial charge in [-0.1, -0.05) is 39.8 Å². The van der Waals surface area contributed by atoms with E-state index in [0.717, 1.165) is 48.0 Å². The molecule has 0 aliphatic heterocycles. The number of nitrogens with one attached hydrogen (secondary N) is 1. The summed E-state index contributed by atoms with van der Waals surface area (Å²) in [7, 11) is -3.63. The Morgan fingerprint density at radius 2 is 1.83 bits per heavy atom. The van der Waals surface area contributed by atoms with Crippen LogP contribution in [0.15, 0.2) is 51.8 Å². The van der Waals surface area contributed by atoms with Crippen LogP contribution in [0.3, 0.4) is 0 Å². The molecule has 3 aromatic rings. The van der Waals surface area contributed by atoms with Crippen LogP contribution in [0.25, 0.3) is 11.0 Å². The van der Waals surface area contributed by atoms with Gasteiger partial charge in [0.1, 0.15) is 11.3 Å². The minimum Gasteiger partial charge on any atom is -0.461 e. The van der Waals surface area contributed by atoms with Crippen LogP contribution in [0.5, 0.6) is 0 Å². The molecule has 154 valence electrons. The highest BCUT2D eigenvalue weighted by molar-refractivity contribution is 7.92. The Labute approximate surface area is 173 Å². The first-order valence-electron chi connectivity index (χ1n) is 10.3. The maximum Gasteiger partial charge on any atom is 0.261 e. The molecule has 1 atom stereocenters. The van der Waals surface area contributed by atoms with E-state index in [0.29, 0.717) is 11.6 Å². The maximum atomic E-state index is 12.8. The predicted molar refractivity (Wildman–Crippen MR) is 118 cm³/mol. The molecule has 0 unspecified atom stereocenters. The summed E-state index contributed by atoms with van der Waals surface area (Å²) in [4.78, 5) is 0.275. The lowest BCUT2D eigenvalue weighted by atomic mass is 9.71. The molecule has 1 aliphatic carbocycles. The highest BCUT2D eigenvalue weighted by Gasteiger charge is 2.31. The zero-order chi connectivity index (χ0) is 20.8. The number of hydrogen-bond acceptors (Lipinski definition) is 3. The number of anilines is 1. The zero-order valence-electron chi connectivity index (χ0n) is 17.6. The van der Waals surface area contributed by atoms with Gasteiger partial charge in [-0.25, -0.2) is 8.42 Å². The SMILES string of the molecule is CCc1ccc(S(=O)(=O)Nc2ccc3oc4c(c3c2)C[C@H](C(C)(C)C)CC4)cc1. The molecule has 4 nitrogen and oxygen atoms in total. The molecule has 0 radical (unpaired) electrons. The third-order valence-corrected chi connectivity index (χ3v) is 7.56. The first-order chi connectivity index (χ1) is 13.7. The summed E-state index contributed by atoms with van der Waals surface area (Å²) in [5.41, 5.74) is 3.99. The van der Waals surface area contributed by atoms with E-state index >= 15 is 0 Å². The van der Waals surface area contributed by atoms with Crippen LogP contribution in [-0.4, -0.2) is 8.42 Å². The molecule has 2 aromatic carbocycles. The van der Waals surface area contributed by atoms with Crippen LogP contribution < -0.4 is 4.72 Å². The Kier molecular flexibility index (Phi) is 4.97. The molecule has 4 rings (SSSR count). The highest BCUT2D eigenvalue weighted by Crippen LogP contribution is 2.41. The van der Waals surface area contributed by atoms with E-state index in [1.54, 1.807) is 18.2 Å². The lowest BCUT2D eigenvalue weighted by molar-refractivity contribution is 0.210. The van der Waals surface area contributed by atoms with Crippen LogP contribution in [-0.2, 0) is 29.3 Å². The van der Waals surface area contributed by atoms with Crippen molar-refractivity contribution < 1.29 is 12.8 Å². The predicted octanol–water partition coefficient (Wildman–Crippen LogP) is 5.95. The van der Waals surface area contributed by atoms with Gasteiger partial charge in [-0.05, 0) is 66.5 Å². The van der Waals surface area contributed by atoms with E-state index in [9.17, 15) is 8.42 Å². The van der Waals surface area contributed by atoms with Gasteiger partial charge < -0.3 is 4.42 Å². The van der Waals surface area contributed by atoms with Crippen LogP contribution in [0, 0.1) is 11.3 Å². The largest absolute Gasteiger partial charge is 0.461 e. The second-order valence-corrected chi connectivity index (χ2v) is 10.8. The number of fused-ring (bicyclic) bond motifs is 3. The third-order valence-electron chi connectivity index (χ3n) is 6.16. The van der Waals surface area contributed by atoms with Crippen molar-refractivity contribution in [1.82, 2.24) is 0 Å². The summed E-state index contributed by atoms with van der Waals surface area (Å²) in [5.74, 6) is 1.64. The van der Waals surface area contributed by atoms with Crippen molar-refractivity contribution >= 4 is 26.7 Å². The van der Waals surface area contributed by atoms with E-state index in [4.69, 9.17) is 4.42 Å². The van der Waals surface area contributed by atoms with Gasteiger partial charge in [0.2, 0.25) is 0 Å². The van der Waals surface area contributed by atoms with E-state index < -0.39 is 10.0 Å². The Morgan fingerprint density at radius 3 is 2.48 bits per heavy atom. The second-order valence-electron chi connectivity index (χ2n) is 9.12. The van der Waals surface area contributed by atoms with Crippen molar-refractivity contribution in [2.45, 2.75) is 58.3 Å². The van der Waals surface area contributed by atoms with Gasteiger partial charge in [-0.2, -0.15) is 0 Å². The molecule has 0 bridgehead atoms. The first-order valence-corrected chi connectivity index (χ1v) is 11.8. The van der Waals surface area contributed by atoms with Crippen LogP contribution >= 0.6 is 0 Å². The third kappa shape index (κ3) is 3.93. The Bertz CT molecular complexity index is 1140. The summed E-state index contributed by atoms with van der Waals surface area (Å²) in [6.07, 6.45) is 3.92. The molecule has 0 fully saturated rings. The molecule has 29 heavy (non-hydrogen) atoms. The van der Waals surface area contributed by atoms with Gasteiger partial charge in [0.05, 0.1) is 4.90 Å². The van der Waals surface area contributed by atoms with Crippen LogP contribution in [0.1, 0.15) is 51.0 Å². The highest BCUT2D eigenvalue weighted by atomic mass is 32.2. The van der Waals surface area contributed by atoms with Gasteiger partial charge in [-0.15, -0.1) is 0 Å². The molecule has 1 heterocycles. The summed E-state index contributed by atoms with van der Waals surface area (Å²) in [5, 5.41) is 1.02. The fourth-order valence-corrected chi connectivity index (χ4v) is 5.25. The van der Waals surface area contributed by atoms with Crippen molar-refractivity contribution in [3.8, 4) is 0 Å². The normalized spacial score (nSPS) is 17.3. The topological polar surface area (TPSA) is 59.3 Å². The minimum atomic E-state index is -3.63. The van der Waals surface area contributed by atoms with Crippen molar-refractivity contribution in [1.29, 1.82) is 0 Å². The molecule has 5 heteroatoms. The summed E-state index contributed by atoms with van der Waals surface area (Å²) < 4.78 is 34.4. The molecular weight excluding hydrogens is 382 g/mol. The number of hydrogen-bond donors (Lipinski definition) is 1. The monoisotopic (exact) mass is 411 g/mol. The smallest absolute Gasteiger partial charge is 0.261 e. The van der Waals surface area contributed by atoms with Gasteiger partial charge in [-0.3, -0.25) is 4.72 Å². The maximum absolute atomic E-state index is 12.8. The molecule has 0 amide bonds. The van der Waals surface area contributed by atoms with Gasteiger partial charge in [0.25, 0.3) is 10.0 Å². The summed E-state index contributed by atoms with van der Waals surface area (Å²) >= 11 is 0. The fraction of sp³-hybridized carbons (Fsp3) is 0.417. The van der Waals surface area contributed by atoms with Crippen molar-refractivity contribution in [2.24, 2.45) is 11.3 Å². The van der Waals surface area contributed by atoms with E-state index in [1.807, 2.05) is 31.2 Å². The van der Waals surface area contributed by atoms with Gasteiger partial charge >= 0.3 is 0 Å². The minimum absolute atomic E-state index is 0.241. The number of rotatable bonds is 4. The summed E-state index contributed by atoms with van der Waals surface area (Å²) in [6, 6.07) is 12.6. The Hall–Kier alpha value is -2.27. The number of benzene rings is 2.